The smallest absolute Gasteiger partial charge is 0.353 e. The molecule has 278 valence electrons. The van der Waals surface area contributed by atoms with Crippen LogP contribution in [0.15, 0.2) is 121 Å². The lowest BCUT2D eigenvalue weighted by Gasteiger charge is -2.22. The van der Waals surface area contributed by atoms with Gasteiger partial charge < -0.3 is 4.98 Å². The maximum atomic E-state index is 15.6. The molecule has 0 saturated carbocycles. The van der Waals surface area contributed by atoms with E-state index >= 15 is 13.2 Å². The van der Waals surface area contributed by atoms with Gasteiger partial charge in [0.2, 0.25) is 0 Å². The summed E-state index contributed by atoms with van der Waals surface area (Å²) in [7, 11) is 0. The Morgan fingerprint density at radius 1 is 0.464 bits per heavy atom. The Kier molecular flexibility index (Phi) is 7.97. The van der Waals surface area contributed by atoms with Gasteiger partial charge in [-0.2, -0.15) is 13.2 Å². The average Bonchev–Trinajstić information content (AvgIpc) is 3.55. The topological polar surface area (TPSA) is 41.6 Å². The van der Waals surface area contributed by atoms with Gasteiger partial charge >= 0.3 is 6.18 Å². The number of alkyl halides is 3. The highest BCUT2D eigenvalue weighted by Crippen LogP contribution is 2.48. The van der Waals surface area contributed by atoms with Crippen molar-refractivity contribution in [3.05, 3.63) is 144 Å². The standard InChI is InChI=1S/C50H42F3N3/c1-28-35(29-15-10-8-11-16-29)26-41-39-24-33(48(2,3)4)22-37-38-23-34(49(5,6)7)25-40(47(38)56-46(37)39)42-27-36(30-17-12-9-13-18-30)43(50(51,52)53)45(55-42)32-20-14-19-31(21-32)44(28)54-41/h8-27,56H,1-7H3. The maximum absolute atomic E-state index is 15.6. The van der Waals surface area contributed by atoms with Crippen molar-refractivity contribution >= 4 is 21.8 Å². The molecule has 0 spiro atoms. The zero-order valence-electron chi connectivity index (χ0n) is 32.6. The van der Waals surface area contributed by atoms with Gasteiger partial charge in [-0.15, -0.1) is 0 Å². The van der Waals surface area contributed by atoms with Crippen LogP contribution in [0, 0.1) is 6.92 Å². The maximum Gasteiger partial charge on any atom is 0.419 e. The highest BCUT2D eigenvalue weighted by Gasteiger charge is 2.39. The summed E-state index contributed by atoms with van der Waals surface area (Å²) in [4.78, 5) is 14.3. The third-order valence-corrected chi connectivity index (χ3v) is 11.3. The second kappa shape index (κ2) is 12.5. The van der Waals surface area contributed by atoms with Crippen molar-refractivity contribution in [2.75, 3.05) is 0 Å². The highest BCUT2D eigenvalue weighted by molar-refractivity contribution is 6.16. The van der Waals surface area contributed by atoms with Crippen molar-refractivity contribution in [1.82, 2.24) is 15.0 Å². The van der Waals surface area contributed by atoms with Gasteiger partial charge in [0.15, 0.2) is 0 Å². The minimum Gasteiger partial charge on any atom is -0.353 e. The first-order chi connectivity index (χ1) is 26.6. The molecule has 0 unspecified atom stereocenters. The summed E-state index contributed by atoms with van der Waals surface area (Å²) < 4.78 is 46.9. The summed E-state index contributed by atoms with van der Waals surface area (Å²) in [6.07, 6.45) is -4.70. The normalized spacial score (nSPS) is 12.8. The number of benzene rings is 5. The van der Waals surface area contributed by atoms with E-state index in [1.165, 1.54) is 0 Å². The Morgan fingerprint density at radius 3 is 1.41 bits per heavy atom. The second-order valence-corrected chi connectivity index (χ2v) is 17.1. The fourth-order valence-corrected chi connectivity index (χ4v) is 8.16. The number of rotatable bonds is 2. The van der Waals surface area contributed by atoms with E-state index in [1.807, 2.05) is 49.4 Å². The Labute approximate surface area is 325 Å². The van der Waals surface area contributed by atoms with Crippen LogP contribution in [-0.2, 0) is 17.0 Å². The van der Waals surface area contributed by atoms with Crippen molar-refractivity contribution in [1.29, 1.82) is 0 Å². The minimum absolute atomic E-state index is 0.0828. The van der Waals surface area contributed by atoms with Crippen molar-refractivity contribution < 1.29 is 13.2 Å². The fraction of sp³-hybridized carbons (Fsp3) is 0.200. The van der Waals surface area contributed by atoms with Crippen LogP contribution in [0.3, 0.4) is 0 Å². The number of halogens is 3. The van der Waals surface area contributed by atoms with Crippen LogP contribution in [0.4, 0.5) is 13.2 Å². The van der Waals surface area contributed by atoms with Crippen LogP contribution >= 0.6 is 0 Å². The van der Waals surface area contributed by atoms with Crippen LogP contribution < -0.4 is 0 Å². The summed E-state index contributed by atoms with van der Waals surface area (Å²) in [6, 6.07) is 39.0. The van der Waals surface area contributed by atoms with Crippen LogP contribution in [0.2, 0.25) is 0 Å². The first kappa shape index (κ1) is 35.7. The summed E-state index contributed by atoms with van der Waals surface area (Å²) in [6.45, 7) is 15.2. The Morgan fingerprint density at radius 2 is 0.911 bits per heavy atom. The predicted octanol–water partition coefficient (Wildman–Crippen LogP) is 14.3. The number of aromatic nitrogens is 3. The number of nitrogens with zero attached hydrogens (tertiary/aromatic N) is 2. The van der Waals surface area contributed by atoms with Crippen molar-refractivity contribution in [3.63, 3.8) is 0 Å². The van der Waals surface area contributed by atoms with Gasteiger partial charge in [-0.25, -0.2) is 9.97 Å². The lowest BCUT2D eigenvalue weighted by molar-refractivity contribution is -0.136. The second-order valence-electron chi connectivity index (χ2n) is 17.1. The quantitative estimate of drug-likeness (QED) is 0.192. The molecule has 5 aromatic carbocycles. The molecule has 3 aromatic heterocycles. The van der Waals surface area contributed by atoms with Gasteiger partial charge in [-0.05, 0) is 99.2 Å². The highest BCUT2D eigenvalue weighted by atomic mass is 19.4. The van der Waals surface area contributed by atoms with Gasteiger partial charge in [0.25, 0.3) is 0 Å². The molecule has 0 aliphatic carbocycles. The molecule has 1 aliphatic rings. The van der Waals surface area contributed by atoms with Gasteiger partial charge in [0, 0.05) is 33.0 Å². The van der Waals surface area contributed by atoms with E-state index in [0.717, 1.165) is 66.4 Å². The molecule has 0 fully saturated rings. The van der Waals surface area contributed by atoms with Crippen LogP contribution in [0.5, 0.6) is 0 Å². The van der Waals surface area contributed by atoms with Crippen molar-refractivity contribution in [2.24, 2.45) is 0 Å². The molecule has 6 heteroatoms. The molecule has 4 heterocycles. The SMILES string of the molecule is Cc1c(-c2ccccc2)cc2nc1-c1cccc(c1)-c1nc(cc(-c3ccccc3)c1C(F)(F)F)-c1cc(C(C)(C)C)cc3c1[nH]c1c-2cc(C(C)(C)C)cc13. The largest absolute Gasteiger partial charge is 0.419 e. The van der Waals surface area contributed by atoms with Gasteiger partial charge in [-0.1, -0.05) is 120 Å². The lowest BCUT2D eigenvalue weighted by atomic mass is 9.82. The monoisotopic (exact) mass is 741 g/mol. The Hall–Kier alpha value is -6.01. The van der Waals surface area contributed by atoms with Gasteiger partial charge in [0.1, 0.15) is 0 Å². The minimum atomic E-state index is -4.70. The molecule has 1 aliphatic heterocycles. The molecular weight excluding hydrogens is 700 g/mol. The van der Waals surface area contributed by atoms with E-state index in [9.17, 15) is 0 Å². The average molecular weight is 742 g/mol. The predicted molar refractivity (Wildman–Crippen MR) is 225 cm³/mol. The number of aromatic amines is 1. The summed E-state index contributed by atoms with van der Waals surface area (Å²) in [5.74, 6) is 0. The van der Waals surface area contributed by atoms with Crippen molar-refractivity contribution in [3.8, 4) is 67.3 Å². The number of H-pyrrole nitrogens is 1. The molecule has 8 aromatic rings. The number of nitrogens with one attached hydrogen (secondary N) is 1. The summed E-state index contributed by atoms with van der Waals surface area (Å²) in [5, 5.41) is 2.02. The molecule has 56 heavy (non-hydrogen) atoms. The van der Waals surface area contributed by atoms with Crippen molar-refractivity contribution in [2.45, 2.75) is 65.5 Å². The fourth-order valence-electron chi connectivity index (χ4n) is 8.16. The zero-order valence-corrected chi connectivity index (χ0v) is 32.6. The molecule has 1 N–H and O–H groups in total. The number of pyridine rings is 2. The summed E-state index contributed by atoms with van der Waals surface area (Å²) >= 11 is 0. The molecule has 0 atom stereocenters. The van der Waals surface area contributed by atoms with Gasteiger partial charge in [-0.3, -0.25) is 0 Å². The lowest BCUT2D eigenvalue weighted by Crippen LogP contribution is -2.13. The first-order valence-electron chi connectivity index (χ1n) is 19.1. The van der Waals surface area contributed by atoms with Crippen LogP contribution in [0.25, 0.3) is 89.1 Å². The molecular formula is C50H42F3N3. The van der Waals surface area contributed by atoms with Crippen LogP contribution in [-0.4, -0.2) is 15.0 Å². The van der Waals surface area contributed by atoms with Gasteiger partial charge in [0.05, 0.1) is 39.4 Å². The van der Waals surface area contributed by atoms with E-state index in [1.54, 1.807) is 36.4 Å². The molecule has 9 rings (SSSR count). The van der Waals surface area contributed by atoms with E-state index in [4.69, 9.17) is 9.97 Å². The number of hydrogen-bond acceptors (Lipinski definition) is 2. The third kappa shape index (κ3) is 5.90. The molecule has 0 amide bonds. The van der Waals surface area contributed by atoms with E-state index in [0.29, 0.717) is 28.1 Å². The van der Waals surface area contributed by atoms with Crippen LogP contribution in [0.1, 0.15) is 63.8 Å². The van der Waals surface area contributed by atoms with E-state index in [2.05, 4.69) is 89.0 Å². The Balaban J connectivity index is 1.54. The molecule has 3 nitrogen and oxygen atoms in total. The Bertz CT molecular complexity index is 2850. The van der Waals surface area contributed by atoms with E-state index in [-0.39, 0.29) is 22.1 Å². The molecule has 0 saturated heterocycles. The molecule has 0 radical (unpaired) electrons. The van der Waals surface area contributed by atoms with E-state index < -0.39 is 11.7 Å². The third-order valence-electron chi connectivity index (χ3n) is 11.3. The number of hydrogen-bond donors (Lipinski definition) is 1. The number of fused-ring (bicyclic) bond motifs is 11. The first-order valence-corrected chi connectivity index (χ1v) is 19.1. The zero-order chi connectivity index (χ0) is 39.3. The summed E-state index contributed by atoms with van der Waals surface area (Å²) in [5.41, 5.74) is 10.9. The molecule has 8 bridgehead atoms.